The van der Waals surface area contributed by atoms with Crippen molar-refractivity contribution < 1.29 is 79.8 Å². The quantitative estimate of drug-likeness (QED) is 0.154. The Kier molecular flexibility index (Phi) is 9.95. The predicted octanol–water partition coefficient (Wildman–Crippen LogP) is 8.77. The first-order valence-electron chi connectivity index (χ1n) is 11.4. The van der Waals surface area contributed by atoms with Crippen molar-refractivity contribution in [2.45, 2.75) is 119 Å². The van der Waals surface area contributed by atoms with Gasteiger partial charge in [0.2, 0.25) is 0 Å². The molecule has 1 aliphatic carbocycles. The highest BCUT2D eigenvalue weighted by Gasteiger charge is 2.93. The summed E-state index contributed by atoms with van der Waals surface area (Å²) in [6.45, 7) is 2.84. The molecule has 2 nitrogen and oxygen atoms in total. The molecule has 0 heterocycles. The van der Waals surface area contributed by atoms with Gasteiger partial charge < -0.3 is 4.74 Å². The normalized spacial score (nSPS) is 19.3. The summed E-state index contributed by atoms with van der Waals surface area (Å²) in [5.74, 6) is -56.6. The van der Waals surface area contributed by atoms with Gasteiger partial charge in [-0.2, -0.15) is 61.5 Å². The smallest absolute Gasteiger partial charge is 0.384 e. The van der Waals surface area contributed by atoms with Crippen molar-refractivity contribution in [2.75, 3.05) is 0 Å². The van der Waals surface area contributed by atoms with Gasteiger partial charge >= 0.3 is 53.9 Å². The van der Waals surface area contributed by atoms with Gasteiger partial charge in [0, 0.05) is 6.42 Å². The second kappa shape index (κ2) is 11.0. The number of halogens is 16. The third-order valence-corrected chi connectivity index (χ3v) is 6.54. The van der Waals surface area contributed by atoms with Gasteiger partial charge in [0.05, 0.1) is 11.5 Å². The Balaban J connectivity index is 3.57. The van der Waals surface area contributed by atoms with Crippen LogP contribution in [0.4, 0.5) is 70.2 Å². The Morgan fingerprint density at radius 1 is 0.718 bits per heavy atom. The number of carbonyl (C=O) groups excluding carboxylic acids is 1. The zero-order valence-electron chi connectivity index (χ0n) is 20.2. The Labute approximate surface area is 211 Å². The third kappa shape index (κ3) is 5.62. The van der Waals surface area contributed by atoms with Crippen LogP contribution in [0.5, 0.6) is 0 Å². The van der Waals surface area contributed by atoms with Crippen LogP contribution in [0.1, 0.15) is 65.2 Å². The van der Waals surface area contributed by atoms with Crippen LogP contribution in [0.2, 0.25) is 0 Å². The van der Waals surface area contributed by atoms with Crippen molar-refractivity contribution in [3.8, 4) is 0 Å². The first kappa shape index (κ1) is 35.4. The summed E-state index contributed by atoms with van der Waals surface area (Å²) in [6, 6.07) is 0. The second-order valence-corrected chi connectivity index (χ2v) is 9.52. The van der Waals surface area contributed by atoms with Crippen LogP contribution in [-0.2, 0) is 9.53 Å². The fourth-order valence-corrected chi connectivity index (χ4v) is 4.16. The molecule has 232 valence electrons. The number of rotatable bonds is 13. The predicted molar refractivity (Wildman–Crippen MR) is 101 cm³/mol. The molecule has 0 aromatic heterocycles. The number of esters is 1. The van der Waals surface area contributed by atoms with Gasteiger partial charge in [0.25, 0.3) is 0 Å². The molecular weight excluding hydrogens is 588 g/mol. The highest BCUT2D eigenvalue weighted by molar-refractivity contribution is 5.77. The molecule has 1 unspecified atom stereocenters. The summed E-state index contributed by atoms with van der Waals surface area (Å²) in [7, 11) is 0. The molecule has 0 spiro atoms. The number of ether oxygens (including phenoxy) is 1. The maximum atomic E-state index is 14.7. The molecule has 18 heteroatoms. The van der Waals surface area contributed by atoms with E-state index in [4.69, 9.17) is 4.74 Å². The molecule has 1 saturated carbocycles. The van der Waals surface area contributed by atoms with Crippen molar-refractivity contribution in [3.63, 3.8) is 0 Å². The molecule has 0 aliphatic heterocycles. The van der Waals surface area contributed by atoms with Gasteiger partial charge in [0.1, 0.15) is 0 Å². The first-order chi connectivity index (χ1) is 17.2. The fourth-order valence-electron chi connectivity index (χ4n) is 4.16. The van der Waals surface area contributed by atoms with Gasteiger partial charge in [-0.15, -0.1) is 0 Å². The molecule has 0 aromatic carbocycles. The van der Waals surface area contributed by atoms with Gasteiger partial charge in [-0.25, -0.2) is 8.78 Å². The lowest BCUT2D eigenvalue weighted by Gasteiger charge is -2.44. The number of alkyl halides is 16. The van der Waals surface area contributed by atoms with E-state index in [0.29, 0.717) is 6.42 Å². The molecule has 1 aliphatic rings. The van der Waals surface area contributed by atoms with E-state index in [1.54, 1.807) is 6.92 Å². The number of carbonyl (C=O) groups is 1. The van der Waals surface area contributed by atoms with Crippen molar-refractivity contribution in [3.05, 3.63) is 0 Å². The van der Waals surface area contributed by atoms with Crippen LogP contribution in [0, 0.1) is 5.41 Å². The van der Waals surface area contributed by atoms with Gasteiger partial charge in [-0.05, 0) is 26.2 Å². The van der Waals surface area contributed by atoms with Crippen LogP contribution in [0.25, 0.3) is 0 Å². The molecule has 0 saturated heterocycles. The van der Waals surface area contributed by atoms with Crippen molar-refractivity contribution in [2.24, 2.45) is 5.41 Å². The Morgan fingerprint density at radius 3 is 1.54 bits per heavy atom. The molecule has 1 atom stereocenters. The maximum absolute atomic E-state index is 14.7. The van der Waals surface area contributed by atoms with E-state index < -0.39 is 84.6 Å². The molecule has 0 aromatic rings. The lowest BCUT2D eigenvalue weighted by atomic mass is 9.69. The average molecular weight is 612 g/mol. The fraction of sp³-hybridized carbons (Fsp3) is 0.952. The van der Waals surface area contributed by atoms with Gasteiger partial charge in [-0.3, -0.25) is 4.79 Å². The van der Waals surface area contributed by atoms with Crippen LogP contribution >= 0.6 is 0 Å². The molecule has 0 bridgehead atoms. The van der Waals surface area contributed by atoms with Crippen LogP contribution in [-0.4, -0.2) is 60.0 Å². The van der Waals surface area contributed by atoms with Crippen LogP contribution < -0.4 is 0 Å². The number of hydrogen-bond donors (Lipinski definition) is 0. The standard InChI is InChI=1S/C21H24F16O2/c1-3-7-11(2)39-13(38)14(8-5-4-6-9-14)10-15(24,25)17(28,29)19(32,33)21(36,37)20(34,35)18(30,31)16(26,27)12(22)23/h11-12H,3-10H2,1-2H3. The minimum Gasteiger partial charge on any atom is -0.462 e. The zero-order valence-corrected chi connectivity index (χ0v) is 20.2. The van der Waals surface area contributed by atoms with Crippen molar-refractivity contribution in [1.29, 1.82) is 0 Å². The van der Waals surface area contributed by atoms with E-state index in [9.17, 15) is 75.0 Å². The first-order valence-corrected chi connectivity index (χ1v) is 11.4. The second-order valence-electron chi connectivity index (χ2n) is 9.52. The average Bonchev–Trinajstić information content (AvgIpc) is 2.78. The summed E-state index contributed by atoms with van der Waals surface area (Å²) in [6.07, 6.45) is -10.7. The molecule has 0 N–H and O–H groups in total. The van der Waals surface area contributed by atoms with E-state index in [0.717, 1.165) is 0 Å². The molecule has 0 amide bonds. The van der Waals surface area contributed by atoms with E-state index >= 15 is 0 Å². The highest BCUT2D eigenvalue weighted by atomic mass is 19.4. The largest absolute Gasteiger partial charge is 0.462 e. The third-order valence-electron chi connectivity index (χ3n) is 6.54. The van der Waals surface area contributed by atoms with Crippen molar-refractivity contribution in [1.82, 2.24) is 0 Å². The summed E-state index contributed by atoms with van der Waals surface area (Å²) in [5.41, 5.74) is -2.73. The maximum Gasteiger partial charge on any atom is 0.384 e. The molecule has 39 heavy (non-hydrogen) atoms. The lowest BCUT2D eigenvalue weighted by Crippen LogP contribution is -2.74. The van der Waals surface area contributed by atoms with Gasteiger partial charge in [-0.1, -0.05) is 32.6 Å². The summed E-state index contributed by atoms with van der Waals surface area (Å²) in [5, 5.41) is 0. The number of hydrogen-bond acceptors (Lipinski definition) is 2. The zero-order chi connectivity index (χ0) is 31.1. The highest BCUT2D eigenvalue weighted by Crippen LogP contribution is 2.64. The summed E-state index contributed by atoms with van der Waals surface area (Å²) in [4.78, 5) is 12.6. The van der Waals surface area contributed by atoms with Crippen LogP contribution in [0.15, 0.2) is 0 Å². The Hall–Kier alpha value is -1.65. The monoisotopic (exact) mass is 612 g/mol. The molecular formula is C21H24F16O2. The molecule has 1 rings (SSSR count). The SMILES string of the molecule is CCCC(C)OC(=O)C1(CC(F)(F)C(F)(F)C(F)(F)C(F)(F)C(F)(F)C(F)(F)C(F)(F)C(F)F)CCCCC1. The van der Waals surface area contributed by atoms with Gasteiger partial charge in [0.15, 0.2) is 0 Å². The molecule has 1 fully saturated rings. The summed E-state index contributed by atoms with van der Waals surface area (Å²) < 4.78 is 223. The lowest BCUT2D eigenvalue weighted by molar-refractivity contribution is -0.447. The molecule has 0 radical (unpaired) electrons. The van der Waals surface area contributed by atoms with E-state index in [2.05, 4.69) is 0 Å². The minimum absolute atomic E-state index is 0.116. The van der Waals surface area contributed by atoms with E-state index in [-0.39, 0.29) is 25.7 Å². The Bertz CT molecular complexity index is 849. The Morgan fingerprint density at radius 2 is 1.13 bits per heavy atom. The van der Waals surface area contributed by atoms with E-state index in [1.165, 1.54) is 6.92 Å². The van der Waals surface area contributed by atoms with Crippen molar-refractivity contribution >= 4 is 5.97 Å². The minimum atomic E-state index is -8.45. The summed E-state index contributed by atoms with van der Waals surface area (Å²) >= 11 is 0. The van der Waals surface area contributed by atoms with E-state index in [1.807, 2.05) is 0 Å². The topological polar surface area (TPSA) is 26.3 Å². The van der Waals surface area contributed by atoms with Crippen LogP contribution in [0.3, 0.4) is 0 Å².